The van der Waals surface area contributed by atoms with Crippen molar-refractivity contribution < 1.29 is 35.9 Å². The van der Waals surface area contributed by atoms with Crippen molar-refractivity contribution in [2.45, 2.75) is 48.9 Å². The van der Waals surface area contributed by atoms with Crippen molar-refractivity contribution in [2.75, 3.05) is 6.26 Å². The number of carbonyl (C=O) groups is 1. The van der Waals surface area contributed by atoms with E-state index in [0.717, 1.165) is 18.4 Å². The first kappa shape index (κ1) is 25.6. The van der Waals surface area contributed by atoms with Crippen LogP contribution in [0.1, 0.15) is 41.9 Å². The third kappa shape index (κ3) is 5.07. The molecule has 0 fully saturated rings. The standard InChI is InChI=1S/C22H23F4N3O4S/c1-20(2,16-5-4-13(23)8-15(16)19(27)30)11-21(31,22(24,25)26)9-14-6-12-7-18(34(3,32)33)28-10-17(12)29-14/h4-8,10,29,31H,9,11H2,1-3H3,(H2,27,30)/t21-/m0/s1. The highest BCUT2D eigenvalue weighted by molar-refractivity contribution is 7.90. The Kier molecular flexibility index (Phi) is 6.29. The maximum atomic E-state index is 14.1. The monoisotopic (exact) mass is 501 g/mol. The van der Waals surface area contributed by atoms with Crippen LogP contribution in [0.15, 0.2) is 41.6 Å². The molecule has 3 aromatic rings. The van der Waals surface area contributed by atoms with E-state index in [9.17, 15) is 35.9 Å². The van der Waals surface area contributed by atoms with E-state index in [1.54, 1.807) is 0 Å². The molecule has 1 amide bonds. The molecule has 0 saturated carbocycles. The number of benzene rings is 1. The van der Waals surface area contributed by atoms with Crippen molar-refractivity contribution in [2.24, 2.45) is 5.73 Å². The summed E-state index contributed by atoms with van der Waals surface area (Å²) >= 11 is 0. The van der Waals surface area contributed by atoms with Gasteiger partial charge in [0.05, 0.1) is 11.7 Å². The summed E-state index contributed by atoms with van der Waals surface area (Å²) in [5.74, 6) is -1.79. The zero-order chi connectivity index (χ0) is 25.7. The van der Waals surface area contributed by atoms with Crippen molar-refractivity contribution in [1.29, 1.82) is 0 Å². The molecule has 0 bridgehead atoms. The van der Waals surface area contributed by atoms with Gasteiger partial charge in [0.1, 0.15) is 5.82 Å². The van der Waals surface area contributed by atoms with Crippen LogP contribution in [-0.4, -0.2) is 47.4 Å². The van der Waals surface area contributed by atoms with Crippen molar-refractivity contribution in [1.82, 2.24) is 9.97 Å². The van der Waals surface area contributed by atoms with Crippen LogP contribution in [-0.2, 0) is 21.7 Å². The number of nitrogens with one attached hydrogen (secondary N) is 1. The molecule has 0 aliphatic carbocycles. The van der Waals surface area contributed by atoms with E-state index in [1.165, 1.54) is 38.2 Å². The largest absolute Gasteiger partial charge is 0.417 e. The van der Waals surface area contributed by atoms with E-state index < -0.39 is 51.6 Å². The Morgan fingerprint density at radius 3 is 2.38 bits per heavy atom. The number of rotatable bonds is 7. The highest BCUT2D eigenvalue weighted by Crippen LogP contribution is 2.44. The number of hydrogen-bond donors (Lipinski definition) is 3. The normalized spacial score (nSPS) is 14.8. The smallest absolute Gasteiger partial charge is 0.380 e. The molecule has 34 heavy (non-hydrogen) atoms. The number of alkyl halides is 3. The topological polar surface area (TPSA) is 126 Å². The fraction of sp³-hybridized carbons (Fsp3) is 0.364. The van der Waals surface area contributed by atoms with E-state index in [4.69, 9.17) is 5.73 Å². The Labute approximate surface area is 192 Å². The molecular formula is C22H23F4N3O4S. The van der Waals surface area contributed by atoms with Gasteiger partial charge in [-0.25, -0.2) is 17.8 Å². The lowest BCUT2D eigenvalue weighted by molar-refractivity contribution is -0.266. The maximum Gasteiger partial charge on any atom is 0.417 e. The second-order valence-electron chi connectivity index (χ2n) is 9.00. The number of halogens is 4. The number of sulfone groups is 1. The summed E-state index contributed by atoms with van der Waals surface area (Å²) in [5, 5.41) is 10.9. The number of hydrogen-bond acceptors (Lipinski definition) is 5. The van der Waals surface area contributed by atoms with Gasteiger partial charge < -0.3 is 15.8 Å². The minimum atomic E-state index is -5.08. The quantitative estimate of drug-likeness (QED) is 0.428. The van der Waals surface area contributed by atoms with Crippen molar-refractivity contribution in [3.63, 3.8) is 0 Å². The van der Waals surface area contributed by atoms with Crippen LogP contribution in [0.4, 0.5) is 17.6 Å². The predicted octanol–water partition coefficient (Wildman–Crippen LogP) is 3.41. The molecule has 4 N–H and O–H groups in total. The first-order valence-corrected chi connectivity index (χ1v) is 11.9. The Bertz CT molecular complexity index is 1370. The number of primary amides is 1. The summed E-state index contributed by atoms with van der Waals surface area (Å²) < 4.78 is 79.4. The van der Waals surface area contributed by atoms with Crippen LogP contribution in [0.3, 0.4) is 0 Å². The Balaban J connectivity index is 2.02. The van der Waals surface area contributed by atoms with E-state index in [1.807, 2.05) is 0 Å². The fourth-order valence-corrected chi connectivity index (χ4v) is 4.67. The predicted molar refractivity (Wildman–Crippen MR) is 116 cm³/mol. The zero-order valence-corrected chi connectivity index (χ0v) is 19.3. The summed E-state index contributed by atoms with van der Waals surface area (Å²) in [5.41, 5.74) is 0.659. The zero-order valence-electron chi connectivity index (χ0n) is 18.5. The Morgan fingerprint density at radius 2 is 1.82 bits per heavy atom. The van der Waals surface area contributed by atoms with E-state index >= 15 is 0 Å². The van der Waals surface area contributed by atoms with E-state index in [0.29, 0.717) is 10.9 Å². The average molecular weight is 502 g/mol. The van der Waals surface area contributed by atoms with Gasteiger partial charge in [-0.2, -0.15) is 13.2 Å². The molecule has 0 unspecified atom stereocenters. The molecular weight excluding hydrogens is 478 g/mol. The highest BCUT2D eigenvalue weighted by atomic mass is 32.2. The maximum absolute atomic E-state index is 14.1. The summed E-state index contributed by atoms with van der Waals surface area (Å²) in [6.07, 6.45) is -4.71. The number of carbonyl (C=O) groups excluding carboxylic acids is 1. The molecule has 3 rings (SSSR count). The van der Waals surface area contributed by atoms with Crippen LogP contribution in [0.25, 0.3) is 10.9 Å². The number of H-pyrrole nitrogens is 1. The molecule has 0 aliphatic heterocycles. The van der Waals surface area contributed by atoms with Gasteiger partial charge in [-0.3, -0.25) is 4.79 Å². The minimum Gasteiger partial charge on any atom is -0.380 e. The second-order valence-corrected chi connectivity index (χ2v) is 11.0. The molecule has 2 heterocycles. The van der Waals surface area contributed by atoms with Crippen LogP contribution < -0.4 is 5.73 Å². The number of fused-ring (bicyclic) bond motifs is 1. The first-order valence-electron chi connectivity index (χ1n) is 10.00. The molecule has 0 spiro atoms. The molecule has 184 valence electrons. The highest BCUT2D eigenvalue weighted by Gasteiger charge is 2.56. The second kappa shape index (κ2) is 8.35. The Morgan fingerprint density at radius 1 is 1.18 bits per heavy atom. The molecule has 2 aromatic heterocycles. The SMILES string of the molecule is CC(C)(C[C@@](O)(Cc1cc2cc(S(C)(=O)=O)ncc2[nH]1)C(F)(F)F)c1ccc(F)cc1C(N)=O. The van der Waals surface area contributed by atoms with Gasteiger partial charge in [0, 0.05) is 29.3 Å². The van der Waals surface area contributed by atoms with Crippen LogP contribution in [0.5, 0.6) is 0 Å². The van der Waals surface area contributed by atoms with Gasteiger partial charge in [-0.15, -0.1) is 0 Å². The van der Waals surface area contributed by atoms with Crippen LogP contribution in [0.2, 0.25) is 0 Å². The Hall–Kier alpha value is -2.99. The van der Waals surface area contributed by atoms with Crippen molar-refractivity contribution >= 4 is 26.6 Å². The van der Waals surface area contributed by atoms with Crippen LogP contribution in [0, 0.1) is 5.82 Å². The van der Waals surface area contributed by atoms with Crippen molar-refractivity contribution in [3.8, 4) is 0 Å². The molecule has 0 radical (unpaired) electrons. The summed E-state index contributed by atoms with van der Waals surface area (Å²) in [7, 11) is -3.63. The summed E-state index contributed by atoms with van der Waals surface area (Å²) in [4.78, 5) is 18.3. The number of pyridine rings is 1. The molecule has 1 aromatic carbocycles. The molecule has 12 heteroatoms. The molecule has 1 atom stereocenters. The lowest BCUT2D eigenvalue weighted by atomic mass is 9.72. The van der Waals surface area contributed by atoms with Gasteiger partial charge in [0.15, 0.2) is 20.5 Å². The number of amides is 1. The van der Waals surface area contributed by atoms with Gasteiger partial charge in [-0.1, -0.05) is 19.9 Å². The minimum absolute atomic E-state index is 0.00712. The number of aliphatic hydroxyl groups is 1. The lowest BCUT2D eigenvalue weighted by Crippen LogP contribution is -2.51. The van der Waals surface area contributed by atoms with Crippen LogP contribution >= 0.6 is 0 Å². The molecule has 7 nitrogen and oxygen atoms in total. The van der Waals surface area contributed by atoms with Gasteiger partial charge in [-0.05, 0) is 41.7 Å². The first-order chi connectivity index (χ1) is 15.4. The number of aromatic nitrogens is 2. The average Bonchev–Trinajstić information content (AvgIpc) is 3.06. The molecule has 0 saturated heterocycles. The van der Waals surface area contributed by atoms with E-state index in [-0.39, 0.29) is 21.8 Å². The summed E-state index contributed by atoms with van der Waals surface area (Å²) in [6, 6.07) is 5.55. The number of aromatic amines is 1. The third-order valence-corrected chi connectivity index (χ3v) is 6.62. The number of nitrogens with two attached hydrogens (primary N) is 1. The van der Waals surface area contributed by atoms with Gasteiger partial charge in [0.25, 0.3) is 0 Å². The van der Waals surface area contributed by atoms with Gasteiger partial charge in [0.2, 0.25) is 5.91 Å². The van der Waals surface area contributed by atoms with Gasteiger partial charge >= 0.3 is 6.18 Å². The molecule has 0 aliphatic rings. The van der Waals surface area contributed by atoms with E-state index in [2.05, 4.69) is 9.97 Å². The number of nitrogens with zero attached hydrogens (tertiary/aromatic N) is 1. The fourth-order valence-electron chi connectivity index (χ4n) is 4.08. The van der Waals surface area contributed by atoms with Crippen molar-refractivity contribution in [3.05, 3.63) is 59.2 Å². The summed E-state index contributed by atoms with van der Waals surface area (Å²) in [6.45, 7) is 2.77. The third-order valence-electron chi connectivity index (χ3n) is 5.64. The lowest BCUT2D eigenvalue weighted by Gasteiger charge is -2.38.